The first-order valence-electron chi connectivity index (χ1n) is 10.7. The Morgan fingerprint density at radius 3 is 2.13 bits per heavy atom. The summed E-state index contributed by atoms with van der Waals surface area (Å²) < 4.78 is 30.0. The lowest BCUT2D eigenvalue weighted by atomic mass is 10.2. The van der Waals surface area contributed by atoms with Crippen LogP contribution in [0.25, 0.3) is 6.08 Å². The summed E-state index contributed by atoms with van der Waals surface area (Å²) in [5.41, 5.74) is 1.09. The van der Waals surface area contributed by atoms with Crippen LogP contribution in [-0.2, 0) is 14.2 Å². The lowest BCUT2D eigenvalue weighted by Crippen LogP contribution is -2.44. The number of halogens is 1. The van der Waals surface area contributed by atoms with Crippen molar-refractivity contribution in [1.29, 1.82) is 0 Å². The van der Waals surface area contributed by atoms with Crippen molar-refractivity contribution in [3.05, 3.63) is 27.3 Å². The molecule has 0 heterocycles. The molecule has 1 rings (SSSR count). The Hall–Kier alpha value is -0.613. The summed E-state index contributed by atoms with van der Waals surface area (Å²) in [6.45, 7) is 19.4. The van der Waals surface area contributed by atoms with Crippen LogP contribution in [-0.4, -0.2) is 54.6 Å². The minimum Gasteiger partial charge on any atom is -0.540 e. The standard InChI is InChI=1S/C23H39IO5Si/c1-8-25-15-16-27-14-10-11-19-12-13-20(28-18-17-26-9-2)22(21(19)24)29-30(6,7)23(3,4)5/h10-13H,8-9,14-18H2,1-7H3/b11-10+. The molecular formula is C23H39IO5Si. The van der Waals surface area contributed by atoms with Gasteiger partial charge in [-0.2, -0.15) is 0 Å². The minimum absolute atomic E-state index is 0.0961. The minimum atomic E-state index is -2.02. The molecule has 30 heavy (non-hydrogen) atoms. The van der Waals surface area contributed by atoms with Crippen LogP contribution in [0.5, 0.6) is 11.5 Å². The molecule has 0 N–H and O–H groups in total. The van der Waals surface area contributed by atoms with E-state index in [4.69, 9.17) is 23.4 Å². The van der Waals surface area contributed by atoms with Crippen molar-refractivity contribution in [1.82, 2.24) is 0 Å². The number of rotatable bonds is 14. The predicted molar refractivity (Wildman–Crippen MR) is 135 cm³/mol. The quantitative estimate of drug-likeness (QED) is 0.158. The Kier molecular flexibility index (Phi) is 12.5. The molecule has 0 spiro atoms. The van der Waals surface area contributed by atoms with Crippen molar-refractivity contribution >= 4 is 37.0 Å². The monoisotopic (exact) mass is 550 g/mol. The van der Waals surface area contributed by atoms with Gasteiger partial charge in [0.25, 0.3) is 8.32 Å². The highest BCUT2D eigenvalue weighted by molar-refractivity contribution is 14.1. The van der Waals surface area contributed by atoms with Crippen LogP contribution < -0.4 is 9.16 Å². The van der Waals surface area contributed by atoms with E-state index in [1.807, 2.05) is 26.0 Å². The summed E-state index contributed by atoms with van der Waals surface area (Å²) in [5, 5.41) is 0.0961. The zero-order valence-corrected chi connectivity index (χ0v) is 22.8. The Morgan fingerprint density at radius 2 is 1.53 bits per heavy atom. The molecule has 1 aromatic rings. The Bertz CT molecular complexity index is 656. The van der Waals surface area contributed by atoms with E-state index < -0.39 is 8.32 Å². The number of ether oxygens (including phenoxy) is 4. The first kappa shape index (κ1) is 27.4. The number of hydrogen-bond acceptors (Lipinski definition) is 5. The van der Waals surface area contributed by atoms with Crippen LogP contribution in [0.4, 0.5) is 0 Å². The molecule has 0 aliphatic carbocycles. The van der Waals surface area contributed by atoms with Gasteiger partial charge in [0.05, 0.1) is 30.0 Å². The zero-order chi connectivity index (χ0) is 22.6. The maximum absolute atomic E-state index is 6.68. The van der Waals surface area contributed by atoms with E-state index in [1.54, 1.807) is 0 Å². The summed E-state index contributed by atoms with van der Waals surface area (Å²) in [7, 11) is -2.02. The van der Waals surface area contributed by atoms with Gasteiger partial charge in [-0.25, -0.2) is 0 Å². The van der Waals surface area contributed by atoms with Crippen molar-refractivity contribution in [2.75, 3.05) is 46.2 Å². The third kappa shape index (κ3) is 9.26. The van der Waals surface area contributed by atoms with Gasteiger partial charge in [-0.15, -0.1) is 0 Å². The lowest BCUT2D eigenvalue weighted by Gasteiger charge is -2.37. The Morgan fingerprint density at radius 1 is 0.933 bits per heavy atom. The van der Waals surface area contributed by atoms with Crippen molar-refractivity contribution in [3.63, 3.8) is 0 Å². The smallest absolute Gasteiger partial charge is 0.250 e. The molecule has 0 saturated carbocycles. The van der Waals surface area contributed by atoms with Crippen molar-refractivity contribution in [2.45, 2.75) is 52.8 Å². The van der Waals surface area contributed by atoms with Crippen LogP contribution >= 0.6 is 22.6 Å². The first-order valence-corrected chi connectivity index (χ1v) is 14.7. The highest BCUT2D eigenvalue weighted by atomic mass is 127. The third-order valence-corrected chi connectivity index (χ3v) is 10.5. The topological polar surface area (TPSA) is 46.2 Å². The largest absolute Gasteiger partial charge is 0.540 e. The van der Waals surface area contributed by atoms with E-state index in [1.165, 1.54) is 0 Å². The Labute approximate surface area is 197 Å². The third-order valence-electron chi connectivity index (χ3n) is 5.03. The summed E-state index contributed by atoms with van der Waals surface area (Å²) in [5.74, 6) is 1.60. The summed E-state index contributed by atoms with van der Waals surface area (Å²) in [6.07, 6.45) is 4.10. The van der Waals surface area contributed by atoms with Gasteiger partial charge in [0.15, 0.2) is 11.5 Å². The number of hydrogen-bond donors (Lipinski definition) is 0. The van der Waals surface area contributed by atoms with Crippen LogP contribution in [0.15, 0.2) is 18.2 Å². The molecule has 5 nitrogen and oxygen atoms in total. The fourth-order valence-corrected chi connectivity index (χ4v) is 4.21. The maximum atomic E-state index is 6.68. The van der Waals surface area contributed by atoms with Crippen molar-refractivity contribution < 1.29 is 23.4 Å². The van der Waals surface area contributed by atoms with Crippen LogP contribution in [0, 0.1) is 3.57 Å². The summed E-state index contributed by atoms with van der Waals surface area (Å²) in [4.78, 5) is 0. The van der Waals surface area contributed by atoms with Crippen molar-refractivity contribution in [2.24, 2.45) is 0 Å². The van der Waals surface area contributed by atoms with E-state index in [2.05, 4.69) is 68.6 Å². The molecule has 0 aliphatic heterocycles. The van der Waals surface area contributed by atoms with E-state index >= 15 is 0 Å². The SMILES string of the molecule is CCOCCOC/C=C/c1ccc(OCCOCC)c(O[Si](C)(C)C(C)(C)C)c1I. The second kappa shape index (κ2) is 13.7. The van der Waals surface area contributed by atoms with Crippen LogP contribution in [0.3, 0.4) is 0 Å². The molecule has 0 atom stereocenters. The molecule has 0 amide bonds. The zero-order valence-electron chi connectivity index (χ0n) is 19.7. The maximum Gasteiger partial charge on any atom is 0.250 e. The van der Waals surface area contributed by atoms with Gasteiger partial charge >= 0.3 is 0 Å². The normalized spacial score (nSPS) is 12.5. The molecule has 0 saturated heterocycles. The molecule has 0 unspecified atom stereocenters. The first-order chi connectivity index (χ1) is 14.1. The van der Waals surface area contributed by atoms with Gasteiger partial charge < -0.3 is 23.4 Å². The molecule has 0 aromatic heterocycles. The lowest BCUT2D eigenvalue weighted by molar-refractivity contribution is 0.0645. The van der Waals surface area contributed by atoms with Gasteiger partial charge in [-0.05, 0) is 72.3 Å². The summed E-state index contributed by atoms with van der Waals surface area (Å²) in [6, 6.07) is 4.05. The molecule has 1 aromatic carbocycles. The number of benzene rings is 1. The molecule has 0 bridgehead atoms. The average Bonchev–Trinajstić information content (AvgIpc) is 2.67. The van der Waals surface area contributed by atoms with Crippen LogP contribution in [0.1, 0.15) is 40.2 Å². The molecule has 0 aliphatic rings. The van der Waals surface area contributed by atoms with Gasteiger partial charge in [-0.1, -0.05) is 32.9 Å². The van der Waals surface area contributed by atoms with E-state index in [0.717, 1.165) is 20.6 Å². The van der Waals surface area contributed by atoms with Crippen molar-refractivity contribution in [3.8, 4) is 11.5 Å². The van der Waals surface area contributed by atoms with Gasteiger partial charge in [0, 0.05) is 13.2 Å². The molecule has 7 heteroatoms. The molecule has 0 radical (unpaired) electrons. The Balaban J connectivity index is 2.99. The predicted octanol–water partition coefficient (Wildman–Crippen LogP) is 6.16. The molecular weight excluding hydrogens is 511 g/mol. The van der Waals surface area contributed by atoms with Gasteiger partial charge in [0.1, 0.15) is 6.61 Å². The highest BCUT2D eigenvalue weighted by Crippen LogP contribution is 2.43. The van der Waals surface area contributed by atoms with E-state index in [9.17, 15) is 0 Å². The molecule has 0 fully saturated rings. The van der Waals surface area contributed by atoms with Gasteiger partial charge in [0.2, 0.25) is 0 Å². The van der Waals surface area contributed by atoms with E-state index in [-0.39, 0.29) is 5.04 Å². The fraction of sp³-hybridized carbons (Fsp3) is 0.652. The van der Waals surface area contributed by atoms with Gasteiger partial charge in [-0.3, -0.25) is 0 Å². The summed E-state index contributed by atoms with van der Waals surface area (Å²) >= 11 is 2.36. The average molecular weight is 551 g/mol. The fourth-order valence-electron chi connectivity index (χ4n) is 2.24. The highest BCUT2D eigenvalue weighted by Gasteiger charge is 2.40. The second-order valence-electron chi connectivity index (χ2n) is 8.38. The molecule has 172 valence electrons. The van der Waals surface area contributed by atoms with Crippen LogP contribution in [0.2, 0.25) is 18.1 Å². The van der Waals surface area contributed by atoms with E-state index in [0.29, 0.717) is 46.2 Å². The second-order valence-corrected chi connectivity index (χ2v) is 14.2.